The first-order valence-corrected chi connectivity index (χ1v) is 11.2. The van der Waals surface area contributed by atoms with Gasteiger partial charge in [-0.25, -0.2) is 0 Å². The third-order valence-electron chi connectivity index (χ3n) is 5.98. The summed E-state index contributed by atoms with van der Waals surface area (Å²) < 4.78 is 11.1. The average molecular weight is 482 g/mol. The largest absolute Gasteiger partial charge is 0.503 e. The van der Waals surface area contributed by atoms with Gasteiger partial charge in [-0.1, -0.05) is 30.3 Å². The van der Waals surface area contributed by atoms with Gasteiger partial charge in [-0.15, -0.1) is 0 Å². The summed E-state index contributed by atoms with van der Waals surface area (Å²) >= 11 is 0. The van der Waals surface area contributed by atoms with E-state index in [-0.39, 0.29) is 17.2 Å². The number of aliphatic hydroxyl groups excluding tert-OH is 1. The number of benzene rings is 3. The van der Waals surface area contributed by atoms with Crippen LogP contribution in [0.5, 0.6) is 5.75 Å². The lowest BCUT2D eigenvalue weighted by Crippen LogP contribution is -2.31. The van der Waals surface area contributed by atoms with E-state index in [1.807, 2.05) is 12.1 Å². The molecule has 1 unspecified atom stereocenters. The van der Waals surface area contributed by atoms with Crippen LogP contribution in [-0.4, -0.2) is 29.8 Å². The van der Waals surface area contributed by atoms with E-state index in [4.69, 9.17) is 9.15 Å². The molecule has 0 spiro atoms. The molecule has 2 amide bonds. The van der Waals surface area contributed by atoms with Crippen LogP contribution in [0.1, 0.15) is 29.1 Å². The smallest absolute Gasteiger partial charge is 0.294 e. The van der Waals surface area contributed by atoms with Gasteiger partial charge in [-0.05, 0) is 54.1 Å². The molecule has 0 radical (unpaired) electrons. The zero-order chi connectivity index (χ0) is 25.4. The minimum absolute atomic E-state index is 0.0151. The Labute approximate surface area is 206 Å². The van der Waals surface area contributed by atoms with Crippen molar-refractivity contribution < 1.29 is 28.6 Å². The molecule has 0 bridgehead atoms. The quantitative estimate of drug-likeness (QED) is 0.367. The summed E-state index contributed by atoms with van der Waals surface area (Å²) in [5.41, 5.74) is 1.97. The molecular formula is C28H22N2O6. The average Bonchev–Trinajstić information content (AvgIpc) is 3.43. The van der Waals surface area contributed by atoms with Crippen LogP contribution in [0, 0.1) is 0 Å². The second kappa shape index (κ2) is 9.07. The Morgan fingerprint density at radius 2 is 1.75 bits per heavy atom. The molecule has 8 heteroatoms. The van der Waals surface area contributed by atoms with E-state index in [2.05, 4.69) is 5.32 Å². The highest BCUT2D eigenvalue weighted by Gasteiger charge is 2.45. The van der Waals surface area contributed by atoms with Gasteiger partial charge in [-0.3, -0.25) is 19.3 Å². The van der Waals surface area contributed by atoms with E-state index in [0.717, 1.165) is 5.39 Å². The Balaban J connectivity index is 1.62. The standard InChI is InChI=1S/C28H22N2O6/c1-16(31)29-19-10-12-20(13-11-19)30-25(18-7-5-8-21(14-18)35-2)24(27(33)28(30)34)26(32)23-15-17-6-3-4-9-22(17)36-23/h3-15,25,33H,1-2H3,(H,29,31). The molecule has 0 aliphatic carbocycles. The van der Waals surface area contributed by atoms with Gasteiger partial charge in [0.15, 0.2) is 11.5 Å². The fourth-order valence-electron chi connectivity index (χ4n) is 4.37. The van der Waals surface area contributed by atoms with Crippen LogP contribution in [0.3, 0.4) is 0 Å². The van der Waals surface area contributed by atoms with Crippen LogP contribution in [0.2, 0.25) is 0 Å². The Bertz CT molecular complexity index is 1500. The number of hydrogen-bond donors (Lipinski definition) is 2. The van der Waals surface area contributed by atoms with Crippen LogP contribution in [-0.2, 0) is 9.59 Å². The molecule has 36 heavy (non-hydrogen) atoms. The number of furan rings is 1. The van der Waals surface area contributed by atoms with Crippen molar-refractivity contribution in [1.82, 2.24) is 0 Å². The number of rotatable bonds is 6. The van der Waals surface area contributed by atoms with Crippen molar-refractivity contribution in [2.45, 2.75) is 13.0 Å². The molecule has 2 heterocycles. The molecule has 0 saturated carbocycles. The molecule has 3 aromatic carbocycles. The van der Waals surface area contributed by atoms with E-state index >= 15 is 0 Å². The van der Waals surface area contributed by atoms with Crippen LogP contribution < -0.4 is 15.0 Å². The van der Waals surface area contributed by atoms with Gasteiger partial charge in [0.25, 0.3) is 5.91 Å². The minimum Gasteiger partial charge on any atom is -0.503 e. The zero-order valence-electron chi connectivity index (χ0n) is 19.5. The Kier molecular flexibility index (Phi) is 5.77. The van der Waals surface area contributed by atoms with Gasteiger partial charge in [0.2, 0.25) is 11.7 Å². The second-order valence-electron chi connectivity index (χ2n) is 8.32. The molecular weight excluding hydrogens is 460 g/mol. The summed E-state index contributed by atoms with van der Waals surface area (Å²) in [6.07, 6.45) is 0. The molecule has 0 fully saturated rings. The molecule has 5 rings (SSSR count). The lowest BCUT2D eigenvalue weighted by molar-refractivity contribution is -0.117. The zero-order valence-corrected chi connectivity index (χ0v) is 19.5. The molecule has 1 aliphatic heterocycles. The lowest BCUT2D eigenvalue weighted by atomic mass is 9.94. The first kappa shape index (κ1) is 22.9. The van der Waals surface area contributed by atoms with E-state index in [1.165, 1.54) is 18.9 Å². The number of methoxy groups -OCH3 is 1. The highest BCUT2D eigenvalue weighted by molar-refractivity contribution is 6.20. The molecule has 2 N–H and O–H groups in total. The highest BCUT2D eigenvalue weighted by atomic mass is 16.5. The monoisotopic (exact) mass is 482 g/mol. The number of anilines is 2. The van der Waals surface area contributed by atoms with Crippen LogP contribution >= 0.6 is 0 Å². The SMILES string of the molecule is COc1cccc(C2C(C(=O)c3cc4ccccc4o3)=C(O)C(=O)N2c2ccc(NC(C)=O)cc2)c1. The topological polar surface area (TPSA) is 109 Å². The van der Waals surface area contributed by atoms with E-state index < -0.39 is 23.5 Å². The maximum atomic E-state index is 13.7. The Morgan fingerprint density at radius 1 is 1.00 bits per heavy atom. The molecule has 1 atom stereocenters. The van der Waals surface area contributed by atoms with E-state index in [0.29, 0.717) is 28.3 Å². The van der Waals surface area contributed by atoms with E-state index in [1.54, 1.807) is 66.7 Å². The van der Waals surface area contributed by atoms with Gasteiger partial charge in [0, 0.05) is 23.7 Å². The number of para-hydroxylation sites is 1. The van der Waals surface area contributed by atoms with Crippen molar-refractivity contribution in [3.05, 3.63) is 102 Å². The number of ketones is 1. The van der Waals surface area contributed by atoms with Gasteiger partial charge in [-0.2, -0.15) is 0 Å². The lowest BCUT2D eigenvalue weighted by Gasteiger charge is -2.27. The number of carbonyl (C=O) groups excluding carboxylic acids is 3. The molecule has 0 saturated heterocycles. The number of amides is 2. The minimum atomic E-state index is -0.945. The third kappa shape index (κ3) is 3.98. The summed E-state index contributed by atoms with van der Waals surface area (Å²) in [5.74, 6) is -1.66. The third-order valence-corrected chi connectivity index (χ3v) is 5.98. The number of aliphatic hydroxyl groups is 1. The fourth-order valence-corrected chi connectivity index (χ4v) is 4.37. The van der Waals surface area contributed by atoms with Crippen LogP contribution in [0.15, 0.2) is 94.6 Å². The van der Waals surface area contributed by atoms with Gasteiger partial charge >= 0.3 is 0 Å². The predicted molar refractivity (Wildman–Crippen MR) is 134 cm³/mol. The van der Waals surface area contributed by atoms with Crippen molar-refractivity contribution in [2.24, 2.45) is 0 Å². The number of Topliss-reactive ketones (excluding diaryl/α,β-unsaturated/α-hetero) is 1. The number of fused-ring (bicyclic) bond motifs is 1. The first-order chi connectivity index (χ1) is 17.4. The molecule has 4 aromatic rings. The second-order valence-corrected chi connectivity index (χ2v) is 8.32. The number of hydrogen-bond acceptors (Lipinski definition) is 6. The predicted octanol–water partition coefficient (Wildman–Crippen LogP) is 5.18. The van der Waals surface area contributed by atoms with Gasteiger partial charge < -0.3 is 19.6 Å². The Hall–Kier alpha value is -4.85. The van der Waals surface area contributed by atoms with Crippen molar-refractivity contribution in [3.8, 4) is 5.75 Å². The summed E-state index contributed by atoms with van der Waals surface area (Å²) in [4.78, 5) is 39.8. The summed E-state index contributed by atoms with van der Waals surface area (Å²) in [6.45, 7) is 1.40. The maximum absolute atomic E-state index is 13.7. The van der Waals surface area contributed by atoms with Crippen molar-refractivity contribution >= 4 is 39.9 Å². The van der Waals surface area contributed by atoms with Crippen LogP contribution in [0.25, 0.3) is 11.0 Å². The summed E-state index contributed by atoms with van der Waals surface area (Å²) in [6, 6.07) is 21.3. The highest BCUT2D eigenvalue weighted by Crippen LogP contribution is 2.43. The van der Waals surface area contributed by atoms with Crippen molar-refractivity contribution in [1.29, 1.82) is 0 Å². The van der Waals surface area contributed by atoms with Crippen molar-refractivity contribution in [3.63, 3.8) is 0 Å². The van der Waals surface area contributed by atoms with E-state index in [9.17, 15) is 19.5 Å². The number of nitrogens with zero attached hydrogens (tertiary/aromatic N) is 1. The number of nitrogens with one attached hydrogen (secondary N) is 1. The molecule has 1 aliphatic rings. The normalized spacial score (nSPS) is 15.4. The summed E-state index contributed by atoms with van der Waals surface area (Å²) in [7, 11) is 1.52. The number of ether oxygens (including phenoxy) is 1. The van der Waals surface area contributed by atoms with Crippen LogP contribution in [0.4, 0.5) is 11.4 Å². The molecule has 8 nitrogen and oxygen atoms in total. The van der Waals surface area contributed by atoms with Crippen molar-refractivity contribution in [2.75, 3.05) is 17.3 Å². The first-order valence-electron chi connectivity index (χ1n) is 11.2. The molecule has 1 aromatic heterocycles. The van der Waals surface area contributed by atoms with Gasteiger partial charge in [0.05, 0.1) is 18.7 Å². The maximum Gasteiger partial charge on any atom is 0.294 e. The number of carbonyl (C=O) groups is 3. The summed E-state index contributed by atoms with van der Waals surface area (Å²) in [5, 5.41) is 14.4. The Morgan fingerprint density at radius 3 is 2.44 bits per heavy atom. The fraction of sp³-hybridized carbons (Fsp3) is 0.107. The molecule has 180 valence electrons. The van der Waals surface area contributed by atoms with Gasteiger partial charge in [0.1, 0.15) is 11.3 Å².